The Labute approximate surface area is 172 Å². The van der Waals surface area contributed by atoms with Gasteiger partial charge < -0.3 is 4.74 Å². The fraction of sp³-hybridized carbons (Fsp3) is 0.913. The van der Waals surface area contributed by atoms with E-state index >= 15 is 0 Å². The van der Waals surface area contributed by atoms with Crippen molar-refractivity contribution in [2.24, 2.45) is 0 Å². The fourth-order valence-corrected chi connectivity index (χ4v) is 2.95. The lowest BCUT2D eigenvalue weighted by Crippen LogP contribution is -2.07. The van der Waals surface area contributed by atoms with Gasteiger partial charge in [-0.15, -0.1) is 0 Å². The zero-order chi connectivity index (χ0) is 20.7. The molecular weight excluding hydrogens is 356 g/mol. The Kier molecular flexibility index (Phi) is 21.3. The van der Waals surface area contributed by atoms with E-state index in [1.807, 2.05) is 0 Å². The molecule has 5 heteroatoms. The van der Waals surface area contributed by atoms with Crippen molar-refractivity contribution in [1.82, 2.24) is 0 Å². The molecule has 0 spiro atoms. The van der Waals surface area contributed by atoms with Crippen molar-refractivity contribution in [1.29, 1.82) is 0 Å². The average Bonchev–Trinajstić information content (AvgIpc) is 2.69. The highest BCUT2D eigenvalue weighted by molar-refractivity contribution is 5.69. The summed E-state index contributed by atoms with van der Waals surface area (Å²) in [6.07, 6.45) is 17.4. The Hall–Kier alpha value is -1.10. The van der Waals surface area contributed by atoms with Crippen LogP contribution in [0.4, 0.5) is 0 Å². The van der Waals surface area contributed by atoms with Crippen molar-refractivity contribution >= 4 is 11.9 Å². The number of carbonyl (C=O) groups is 2. The third-order valence-corrected chi connectivity index (χ3v) is 4.76. The first-order valence-corrected chi connectivity index (χ1v) is 11.7. The number of unbranched alkanes of at least 4 members (excludes halogenated alkanes) is 12. The number of hydrogen-bond acceptors (Lipinski definition) is 5. The van der Waals surface area contributed by atoms with Crippen LogP contribution in [0.5, 0.6) is 0 Å². The molecule has 0 amide bonds. The molecule has 0 aromatic rings. The van der Waals surface area contributed by atoms with Gasteiger partial charge in [-0.25, -0.2) is 4.79 Å². The van der Waals surface area contributed by atoms with Gasteiger partial charge in [0.2, 0.25) is 0 Å². The van der Waals surface area contributed by atoms with Gasteiger partial charge >= 0.3 is 11.9 Å². The summed E-state index contributed by atoms with van der Waals surface area (Å²) in [6, 6.07) is 0. The van der Waals surface area contributed by atoms with Gasteiger partial charge in [-0.05, 0) is 32.1 Å². The topological polar surface area (TPSA) is 61.8 Å². The van der Waals surface area contributed by atoms with Gasteiger partial charge in [-0.1, -0.05) is 78.1 Å². The maximum absolute atomic E-state index is 11.6. The van der Waals surface area contributed by atoms with E-state index in [1.165, 1.54) is 51.4 Å². The molecule has 0 heterocycles. The number of carbonyl (C=O) groups excluding carboxylic acids is 2. The van der Waals surface area contributed by atoms with Crippen LogP contribution in [0.2, 0.25) is 0 Å². The van der Waals surface area contributed by atoms with Gasteiger partial charge in [-0.3, -0.25) is 9.68 Å². The zero-order valence-corrected chi connectivity index (χ0v) is 18.5. The van der Waals surface area contributed by atoms with Crippen LogP contribution in [-0.4, -0.2) is 25.2 Å². The molecule has 166 valence electrons. The first kappa shape index (κ1) is 26.9. The standard InChI is InChI=1S/C23H44O5/c1-3-5-7-9-11-14-18-22(24)26-20-16-13-17-21-27-28-23(25)19-15-12-10-8-6-4-2/h3-21H2,1-2H3. The molecule has 0 radical (unpaired) electrons. The lowest BCUT2D eigenvalue weighted by atomic mass is 10.1. The van der Waals surface area contributed by atoms with E-state index in [4.69, 9.17) is 14.5 Å². The maximum atomic E-state index is 11.6. The molecule has 0 unspecified atom stereocenters. The van der Waals surface area contributed by atoms with Crippen LogP contribution >= 0.6 is 0 Å². The van der Waals surface area contributed by atoms with Crippen LogP contribution in [0.3, 0.4) is 0 Å². The minimum atomic E-state index is -0.279. The summed E-state index contributed by atoms with van der Waals surface area (Å²) in [4.78, 5) is 32.8. The monoisotopic (exact) mass is 400 g/mol. The number of rotatable bonds is 21. The summed E-state index contributed by atoms with van der Waals surface area (Å²) >= 11 is 0. The van der Waals surface area contributed by atoms with Crippen LogP contribution in [-0.2, 0) is 24.1 Å². The van der Waals surface area contributed by atoms with Crippen molar-refractivity contribution in [3.8, 4) is 0 Å². The quantitative estimate of drug-likeness (QED) is 0.0931. The normalized spacial score (nSPS) is 10.8. The Balaban J connectivity index is 3.25. The van der Waals surface area contributed by atoms with Crippen molar-refractivity contribution in [3.05, 3.63) is 0 Å². The first-order valence-electron chi connectivity index (χ1n) is 11.7. The van der Waals surface area contributed by atoms with Gasteiger partial charge in [0.05, 0.1) is 13.2 Å². The van der Waals surface area contributed by atoms with E-state index < -0.39 is 0 Å². The number of hydrogen-bond donors (Lipinski definition) is 0. The van der Waals surface area contributed by atoms with Crippen LogP contribution in [0.1, 0.15) is 123 Å². The predicted octanol–water partition coefficient (Wildman–Crippen LogP) is 6.68. The Morgan fingerprint density at radius 1 is 0.536 bits per heavy atom. The first-order chi connectivity index (χ1) is 13.7. The molecule has 0 saturated heterocycles. The van der Waals surface area contributed by atoms with Crippen LogP contribution in [0, 0.1) is 0 Å². The maximum Gasteiger partial charge on any atom is 0.342 e. The van der Waals surface area contributed by atoms with E-state index in [9.17, 15) is 9.59 Å². The molecule has 28 heavy (non-hydrogen) atoms. The molecule has 0 bridgehead atoms. The highest BCUT2D eigenvalue weighted by Crippen LogP contribution is 2.09. The molecule has 0 aliphatic rings. The average molecular weight is 401 g/mol. The summed E-state index contributed by atoms with van der Waals surface area (Å²) < 4.78 is 5.23. The van der Waals surface area contributed by atoms with Crippen molar-refractivity contribution < 1.29 is 24.1 Å². The minimum Gasteiger partial charge on any atom is -0.466 e. The van der Waals surface area contributed by atoms with Crippen LogP contribution < -0.4 is 0 Å². The predicted molar refractivity (Wildman–Crippen MR) is 113 cm³/mol. The van der Waals surface area contributed by atoms with Crippen molar-refractivity contribution in [2.75, 3.05) is 13.2 Å². The van der Waals surface area contributed by atoms with Crippen molar-refractivity contribution in [3.63, 3.8) is 0 Å². The minimum absolute atomic E-state index is 0.0876. The van der Waals surface area contributed by atoms with Gasteiger partial charge in [-0.2, -0.15) is 4.89 Å². The second-order valence-corrected chi connectivity index (χ2v) is 7.59. The lowest BCUT2D eigenvalue weighted by molar-refractivity contribution is -0.272. The Morgan fingerprint density at radius 2 is 1.00 bits per heavy atom. The van der Waals surface area contributed by atoms with Crippen molar-refractivity contribution in [2.45, 2.75) is 123 Å². The second-order valence-electron chi connectivity index (χ2n) is 7.59. The zero-order valence-electron chi connectivity index (χ0n) is 18.5. The van der Waals surface area contributed by atoms with Gasteiger partial charge in [0.15, 0.2) is 0 Å². The highest BCUT2D eigenvalue weighted by Gasteiger charge is 2.05. The second kappa shape index (κ2) is 22.2. The largest absolute Gasteiger partial charge is 0.466 e. The lowest BCUT2D eigenvalue weighted by Gasteiger charge is -2.06. The summed E-state index contributed by atoms with van der Waals surface area (Å²) in [5, 5.41) is 0. The molecule has 0 rings (SSSR count). The van der Waals surface area contributed by atoms with Gasteiger partial charge in [0, 0.05) is 12.8 Å². The van der Waals surface area contributed by atoms with E-state index in [-0.39, 0.29) is 11.9 Å². The Morgan fingerprint density at radius 3 is 1.61 bits per heavy atom. The SMILES string of the molecule is CCCCCCCCC(=O)OCCCCCOOC(=O)CCCCCCCC. The molecule has 5 nitrogen and oxygen atoms in total. The Bertz CT molecular complexity index is 323. The molecule has 0 aliphatic carbocycles. The third kappa shape index (κ3) is 21.2. The van der Waals surface area contributed by atoms with Gasteiger partial charge in [0.1, 0.15) is 0 Å². The highest BCUT2D eigenvalue weighted by atomic mass is 17.2. The summed E-state index contributed by atoms with van der Waals surface area (Å²) in [6.45, 7) is 5.26. The van der Waals surface area contributed by atoms with Crippen LogP contribution in [0.25, 0.3) is 0 Å². The van der Waals surface area contributed by atoms with Crippen LogP contribution in [0.15, 0.2) is 0 Å². The third-order valence-electron chi connectivity index (χ3n) is 4.76. The molecule has 0 aromatic carbocycles. The van der Waals surface area contributed by atoms with E-state index in [1.54, 1.807) is 0 Å². The molecule has 0 saturated carbocycles. The molecular formula is C23H44O5. The molecule has 0 N–H and O–H groups in total. The number of ether oxygens (including phenoxy) is 1. The molecule has 0 atom stereocenters. The van der Waals surface area contributed by atoms with E-state index in [0.717, 1.165) is 44.9 Å². The summed E-state index contributed by atoms with van der Waals surface area (Å²) in [5.41, 5.74) is 0. The molecule has 0 aromatic heterocycles. The van der Waals surface area contributed by atoms with Gasteiger partial charge in [0.25, 0.3) is 0 Å². The fourth-order valence-electron chi connectivity index (χ4n) is 2.95. The molecule has 0 fully saturated rings. The summed E-state index contributed by atoms with van der Waals surface area (Å²) in [5.74, 6) is -0.366. The smallest absolute Gasteiger partial charge is 0.342 e. The number of esters is 1. The van der Waals surface area contributed by atoms with E-state index in [0.29, 0.717) is 26.1 Å². The summed E-state index contributed by atoms with van der Waals surface area (Å²) in [7, 11) is 0. The van der Waals surface area contributed by atoms with E-state index in [2.05, 4.69) is 13.8 Å². The molecule has 0 aliphatic heterocycles.